The second kappa shape index (κ2) is 8.59. The van der Waals surface area contributed by atoms with Crippen molar-refractivity contribution in [2.24, 2.45) is 0 Å². The van der Waals surface area contributed by atoms with Crippen molar-refractivity contribution in [3.05, 3.63) is 71.7 Å². The number of amides is 1. The molecular weight excluding hydrogens is 400 g/mol. The fourth-order valence-corrected chi connectivity index (χ4v) is 4.29. The third kappa shape index (κ3) is 4.16. The fourth-order valence-electron chi connectivity index (χ4n) is 3.28. The summed E-state index contributed by atoms with van der Waals surface area (Å²) in [6, 6.07) is 15.1. The number of hydrogen-bond acceptors (Lipinski definition) is 6. The van der Waals surface area contributed by atoms with Crippen molar-refractivity contribution in [2.75, 3.05) is 19.1 Å². The van der Waals surface area contributed by atoms with Gasteiger partial charge in [-0.05, 0) is 54.4 Å². The van der Waals surface area contributed by atoms with E-state index in [0.717, 1.165) is 32.8 Å². The molecular formula is C23H22N2O4S. The van der Waals surface area contributed by atoms with E-state index in [1.165, 1.54) is 11.3 Å². The van der Waals surface area contributed by atoms with Gasteiger partial charge in [-0.2, -0.15) is 0 Å². The number of rotatable bonds is 7. The summed E-state index contributed by atoms with van der Waals surface area (Å²) >= 11 is 1.46. The van der Waals surface area contributed by atoms with Crippen LogP contribution in [0.4, 0.5) is 5.13 Å². The third-order valence-corrected chi connectivity index (χ3v) is 5.87. The van der Waals surface area contributed by atoms with Gasteiger partial charge in [-0.1, -0.05) is 23.5 Å². The molecule has 0 spiro atoms. The van der Waals surface area contributed by atoms with Crippen LogP contribution >= 0.6 is 11.3 Å². The quantitative estimate of drug-likeness (QED) is 0.420. The molecule has 0 fully saturated rings. The van der Waals surface area contributed by atoms with Crippen molar-refractivity contribution in [3.8, 4) is 11.5 Å². The number of furan rings is 1. The van der Waals surface area contributed by atoms with Crippen LogP contribution in [0.2, 0.25) is 0 Å². The van der Waals surface area contributed by atoms with Gasteiger partial charge in [0.25, 0.3) is 0 Å². The van der Waals surface area contributed by atoms with Gasteiger partial charge >= 0.3 is 0 Å². The van der Waals surface area contributed by atoms with Gasteiger partial charge in [-0.25, -0.2) is 4.98 Å². The van der Waals surface area contributed by atoms with E-state index in [0.29, 0.717) is 17.4 Å². The van der Waals surface area contributed by atoms with Gasteiger partial charge in [-0.3, -0.25) is 9.69 Å². The average molecular weight is 423 g/mol. The molecule has 154 valence electrons. The van der Waals surface area contributed by atoms with Crippen LogP contribution in [0.15, 0.2) is 59.2 Å². The molecule has 30 heavy (non-hydrogen) atoms. The molecule has 2 aromatic carbocycles. The van der Waals surface area contributed by atoms with E-state index >= 15 is 0 Å². The van der Waals surface area contributed by atoms with Crippen molar-refractivity contribution in [3.63, 3.8) is 0 Å². The summed E-state index contributed by atoms with van der Waals surface area (Å²) in [5.41, 5.74) is 2.74. The minimum Gasteiger partial charge on any atom is -0.497 e. The predicted molar refractivity (Wildman–Crippen MR) is 118 cm³/mol. The highest BCUT2D eigenvalue weighted by molar-refractivity contribution is 7.22. The molecule has 0 aliphatic carbocycles. The molecule has 2 aromatic heterocycles. The molecule has 0 aliphatic heterocycles. The summed E-state index contributed by atoms with van der Waals surface area (Å²) in [4.78, 5) is 19.7. The molecule has 0 atom stereocenters. The Morgan fingerprint density at radius 1 is 1.13 bits per heavy atom. The van der Waals surface area contributed by atoms with Crippen LogP contribution in [-0.4, -0.2) is 25.1 Å². The maximum atomic E-state index is 13.3. The van der Waals surface area contributed by atoms with E-state index in [9.17, 15) is 4.79 Å². The zero-order valence-electron chi connectivity index (χ0n) is 17.0. The van der Waals surface area contributed by atoms with E-state index in [1.807, 2.05) is 55.5 Å². The first kappa shape index (κ1) is 20.0. The Hall–Kier alpha value is -3.32. The summed E-state index contributed by atoms with van der Waals surface area (Å²) in [5.74, 6) is 2.21. The first-order valence-electron chi connectivity index (χ1n) is 9.48. The number of hydrogen-bond donors (Lipinski definition) is 0. The number of anilines is 1. The lowest BCUT2D eigenvalue weighted by Gasteiger charge is -2.19. The topological polar surface area (TPSA) is 64.8 Å². The highest BCUT2D eigenvalue weighted by atomic mass is 32.1. The van der Waals surface area contributed by atoms with Crippen molar-refractivity contribution < 1.29 is 18.7 Å². The zero-order valence-corrected chi connectivity index (χ0v) is 17.9. The minimum absolute atomic E-state index is 0.0537. The van der Waals surface area contributed by atoms with E-state index in [2.05, 4.69) is 4.98 Å². The standard InChI is InChI=1S/C23H22N2O4S/c1-15-11-16(6-9-20(15)28-3)12-22(26)25(14-18-5-4-10-29-18)23-24-19-8-7-17(27-2)13-21(19)30-23/h4-11,13H,12,14H2,1-3H3. The first-order chi connectivity index (χ1) is 14.6. The second-order valence-electron chi connectivity index (χ2n) is 6.87. The molecule has 0 saturated heterocycles. The molecule has 0 saturated carbocycles. The van der Waals surface area contributed by atoms with Crippen molar-refractivity contribution >= 4 is 32.6 Å². The van der Waals surface area contributed by atoms with Crippen LogP contribution < -0.4 is 14.4 Å². The highest BCUT2D eigenvalue weighted by Gasteiger charge is 2.22. The molecule has 7 heteroatoms. The van der Waals surface area contributed by atoms with Crippen molar-refractivity contribution in [2.45, 2.75) is 19.9 Å². The lowest BCUT2D eigenvalue weighted by molar-refractivity contribution is -0.118. The number of methoxy groups -OCH3 is 2. The number of ether oxygens (including phenoxy) is 2. The van der Waals surface area contributed by atoms with Gasteiger partial charge in [-0.15, -0.1) is 0 Å². The summed E-state index contributed by atoms with van der Waals surface area (Å²) in [5, 5.41) is 0.630. The Morgan fingerprint density at radius 3 is 2.70 bits per heavy atom. The number of aromatic nitrogens is 1. The molecule has 2 heterocycles. The summed E-state index contributed by atoms with van der Waals surface area (Å²) < 4.78 is 17.1. The smallest absolute Gasteiger partial charge is 0.233 e. The van der Waals surface area contributed by atoms with Gasteiger partial charge in [0.15, 0.2) is 5.13 Å². The fraction of sp³-hybridized carbons (Fsp3) is 0.217. The molecule has 0 aliphatic rings. The Bertz CT molecular complexity index is 1170. The van der Waals surface area contributed by atoms with Gasteiger partial charge < -0.3 is 13.9 Å². The molecule has 0 N–H and O–H groups in total. The van der Waals surface area contributed by atoms with Gasteiger partial charge in [0.2, 0.25) is 5.91 Å². The van der Waals surface area contributed by atoms with Gasteiger partial charge in [0.1, 0.15) is 17.3 Å². The Kier molecular flexibility index (Phi) is 5.72. The number of thiazole rings is 1. The maximum absolute atomic E-state index is 13.3. The first-order valence-corrected chi connectivity index (χ1v) is 10.3. The molecule has 4 rings (SSSR count). The van der Waals surface area contributed by atoms with Crippen LogP contribution in [0.5, 0.6) is 11.5 Å². The van der Waals surface area contributed by atoms with Crippen molar-refractivity contribution in [1.82, 2.24) is 4.98 Å². The van der Waals surface area contributed by atoms with E-state index in [1.54, 1.807) is 25.4 Å². The van der Waals surface area contributed by atoms with Crippen LogP contribution in [-0.2, 0) is 17.8 Å². The molecule has 6 nitrogen and oxygen atoms in total. The minimum atomic E-state index is -0.0537. The summed E-state index contributed by atoms with van der Waals surface area (Å²) in [7, 11) is 3.27. The molecule has 1 amide bonds. The number of carbonyl (C=O) groups excluding carboxylic acids is 1. The molecule has 0 radical (unpaired) electrons. The normalized spacial score (nSPS) is 10.9. The summed E-state index contributed by atoms with van der Waals surface area (Å²) in [6.07, 6.45) is 1.86. The van der Waals surface area contributed by atoms with E-state index in [4.69, 9.17) is 13.9 Å². The van der Waals surface area contributed by atoms with Crippen LogP contribution in [0, 0.1) is 6.92 Å². The van der Waals surface area contributed by atoms with Crippen LogP contribution in [0.25, 0.3) is 10.2 Å². The highest BCUT2D eigenvalue weighted by Crippen LogP contribution is 2.33. The predicted octanol–water partition coefficient (Wildman–Crippen LogP) is 4.99. The number of nitrogens with zero attached hydrogens (tertiary/aromatic N) is 2. The Balaban J connectivity index is 1.65. The number of fused-ring (bicyclic) bond motifs is 1. The van der Waals surface area contributed by atoms with Crippen LogP contribution in [0.1, 0.15) is 16.9 Å². The Morgan fingerprint density at radius 2 is 2.00 bits per heavy atom. The van der Waals surface area contributed by atoms with E-state index in [-0.39, 0.29) is 12.3 Å². The number of aryl methyl sites for hydroxylation is 1. The number of benzene rings is 2. The number of carbonyl (C=O) groups is 1. The average Bonchev–Trinajstić information content (AvgIpc) is 3.40. The van der Waals surface area contributed by atoms with Crippen molar-refractivity contribution in [1.29, 1.82) is 0 Å². The monoisotopic (exact) mass is 422 g/mol. The third-order valence-electron chi connectivity index (χ3n) is 4.82. The SMILES string of the molecule is COc1ccc2nc(N(Cc3ccco3)C(=O)Cc3ccc(OC)c(C)c3)sc2c1. The van der Waals surface area contributed by atoms with Crippen LogP contribution in [0.3, 0.4) is 0 Å². The molecule has 4 aromatic rings. The zero-order chi connectivity index (χ0) is 21.1. The molecule has 0 unspecified atom stereocenters. The summed E-state index contributed by atoms with van der Waals surface area (Å²) in [6.45, 7) is 2.28. The molecule has 0 bridgehead atoms. The van der Waals surface area contributed by atoms with Gasteiger partial charge in [0.05, 0.1) is 43.7 Å². The maximum Gasteiger partial charge on any atom is 0.233 e. The Labute approximate surface area is 178 Å². The second-order valence-corrected chi connectivity index (χ2v) is 7.88. The van der Waals surface area contributed by atoms with Gasteiger partial charge in [0, 0.05) is 0 Å². The van der Waals surface area contributed by atoms with E-state index < -0.39 is 0 Å². The largest absolute Gasteiger partial charge is 0.497 e. The lowest BCUT2D eigenvalue weighted by Crippen LogP contribution is -2.31. The lowest BCUT2D eigenvalue weighted by atomic mass is 10.1.